The number of aromatic nitrogens is 1. The monoisotopic (exact) mass is 185 g/mol. The molecule has 3 rings (SSSR count). The van der Waals surface area contributed by atoms with Crippen LogP contribution in [0.3, 0.4) is 0 Å². The van der Waals surface area contributed by atoms with Crippen LogP contribution in [0.2, 0.25) is 0 Å². The maximum atomic E-state index is 11.5. The largest absolute Gasteiger partial charge is 0.352 e. The fourth-order valence-electron chi connectivity index (χ4n) is 2.28. The van der Waals surface area contributed by atoms with Crippen LogP contribution in [-0.2, 0) is 6.42 Å². The van der Waals surface area contributed by atoms with Gasteiger partial charge in [-0.15, -0.1) is 0 Å². The number of nitrogens with one attached hydrogen (secondary N) is 1. The highest BCUT2D eigenvalue weighted by Crippen LogP contribution is 2.30. The van der Waals surface area contributed by atoms with Gasteiger partial charge in [0.05, 0.1) is 5.69 Å². The number of ketones is 1. The van der Waals surface area contributed by atoms with Crippen molar-refractivity contribution in [2.75, 3.05) is 0 Å². The van der Waals surface area contributed by atoms with Crippen molar-refractivity contribution in [2.24, 2.45) is 0 Å². The summed E-state index contributed by atoms with van der Waals surface area (Å²) in [6.45, 7) is 2.07. The summed E-state index contributed by atoms with van der Waals surface area (Å²) in [5.74, 6) is 0.260. The Hall–Kier alpha value is -1.57. The van der Waals surface area contributed by atoms with Crippen molar-refractivity contribution in [1.82, 2.24) is 4.98 Å². The number of para-hydroxylation sites is 1. The number of aryl methyl sites for hydroxylation is 2. The van der Waals surface area contributed by atoms with E-state index in [0.717, 1.165) is 17.6 Å². The molecular weight excluding hydrogens is 174 g/mol. The molecule has 0 amide bonds. The lowest BCUT2D eigenvalue weighted by Crippen LogP contribution is -1.91. The molecule has 0 atom stereocenters. The predicted molar refractivity (Wildman–Crippen MR) is 55.7 cm³/mol. The minimum absolute atomic E-state index is 0.260. The van der Waals surface area contributed by atoms with Crippen molar-refractivity contribution < 1.29 is 4.79 Å². The summed E-state index contributed by atoms with van der Waals surface area (Å²) in [5, 5.41) is 1.23. The molecule has 0 unspecified atom stereocenters. The zero-order valence-electron chi connectivity index (χ0n) is 8.05. The molecule has 0 saturated carbocycles. The number of carbonyl (C=O) groups is 1. The van der Waals surface area contributed by atoms with E-state index >= 15 is 0 Å². The molecule has 0 aliphatic heterocycles. The molecule has 1 aromatic carbocycles. The van der Waals surface area contributed by atoms with E-state index in [-0.39, 0.29) is 5.78 Å². The SMILES string of the molecule is Cc1cccc2c3c([nH]c12)C(=O)CC3. The molecule has 14 heavy (non-hydrogen) atoms. The van der Waals surface area contributed by atoms with Gasteiger partial charge in [-0.05, 0) is 24.5 Å². The number of hydrogen-bond donors (Lipinski definition) is 1. The standard InChI is InChI=1S/C12H11NO/c1-7-3-2-4-8-9-5-6-10(14)12(9)13-11(7)8/h2-4,13H,5-6H2,1H3. The van der Waals surface area contributed by atoms with Gasteiger partial charge in [-0.2, -0.15) is 0 Å². The van der Waals surface area contributed by atoms with E-state index in [0.29, 0.717) is 6.42 Å². The summed E-state index contributed by atoms with van der Waals surface area (Å²) in [7, 11) is 0. The van der Waals surface area contributed by atoms with E-state index in [9.17, 15) is 4.79 Å². The summed E-state index contributed by atoms with van der Waals surface area (Å²) in [4.78, 5) is 14.8. The van der Waals surface area contributed by atoms with Gasteiger partial charge >= 0.3 is 0 Å². The van der Waals surface area contributed by atoms with Crippen LogP contribution in [-0.4, -0.2) is 10.8 Å². The molecule has 70 valence electrons. The lowest BCUT2D eigenvalue weighted by molar-refractivity contribution is 0.0991. The van der Waals surface area contributed by atoms with Crippen molar-refractivity contribution in [1.29, 1.82) is 0 Å². The Morgan fingerprint density at radius 2 is 2.14 bits per heavy atom. The van der Waals surface area contributed by atoms with E-state index in [1.165, 1.54) is 16.5 Å². The smallest absolute Gasteiger partial charge is 0.179 e. The predicted octanol–water partition coefficient (Wildman–Crippen LogP) is 2.61. The van der Waals surface area contributed by atoms with E-state index < -0.39 is 0 Å². The topological polar surface area (TPSA) is 32.9 Å². The van der Waals surface area contributed by atoms with Crippen LogP contribution in [0, 0.1) is 6.92 Å². The first-order chi connectivity index (χ1) is 6.77. The van der Waals surface area contributed by atoms with Gasteiger partial charge in [0.1, 0.15) is 0 Å². The van der Waals surface area contributed by atoms with E-state index in [4.69, 9.17) is 0 Å². The molecule has 1 heterocycles. The first-order valence-electron chi connectivity index (χ1n) is 4.91. The highest BCUT2D eigenvalue weighted by Gasteiger charge is 2.24. The number of rotatable bonds is 0. The third kappa shape index (κ3) is 0.830. The van der Waals surface area contributed by atoms with Crippen LogP contribution in [0.1, 0.15) is 28.0 Å². The van der Waals surface area contributed by atoms with Gasteiger partial charge in [-0.3, -0.25) is 4.79 Å². The zero-order valence-corrected chi connectivity index (χ0v) is 8.05. The third-order valence-corrected chi connectivity index (χ3v) is 3.03. The minimum Gasteiger partial charge on any atom is -0.352 e. The molecule has 0 radical (unpaired) electrons. The highest BCUT2D eigenvalue weighted by molar-refractivity contribution is 6.05. The lowest BCUT2D eigenvalue weighted by Gasteiger charge is -1.96. The number of Topliss-reactive ketones (excluding diaryl/α,β-unsaturated/α-hetero) is 1. The number of fused-ring (bicyclic) bond motifs is 3. The van der Waals surface area contributed by atoms with Crippen LogP contribution in [0.15, 0.2) is 18.2 Å². The van der Waals surface area contributed by atoms with Crippen LogP contribution >= 0.6 is 0 Å². The van der Waals surface area contributed by atoms with Gasteiger partial charge < -0.3 is 4.98 Å². The highest BCUT2D eigenvalue weighted by atomic mass is 16.1. The lowest BCUT2D eigenvalue weighted by atomic mass is 10.1. The number of aromatic amines is 1. The van der Waals surface area contributed by atoms with Crippen LogP contribution in [0.5, 0.6) is 0 Å². The first-order valence-corrected chi connectivity index (χ1v) is 4.91. The van der Waals surface area contributed by atoms with E-state index in [1.54, 1.807) is 0 Å². The maximum Gasteiger partial charge on any atom is 0.179 e. The summed E-state index contributed by atoms with van der Waals surface area (Å²) in [5.41, 5.74) is 4.40. The summed E-state index contributed by atoms with van der Waals surface area (Å²) < 4.78 is 0. The summed E-state index contributed by atoms with van der Waals surface area (Å²) in [6, 6.07) is 6.21. The van der Waals surface area contributed by atoms with Crippen molar-refractivity contribution in [3.05, 3.63) is 35.0 Å². The molecular formula is C12H11NO. The van der Waals surface area contributed by atoms with Gasteiger partial charge in [0.2, 0.25) is 0 Å². The minimum atomic E-state index is 0.260. The van der Waals surface area contributed by atoms with E-state index in [2.05, 4.69) is 30.1 Å². The summed E-state index contributed by atoms with van der Waals surface area (Å²) >= 11 is 0. The second kappa shape index (κ2) is 2.47. The van der Waals surface area contributed by atoms with Crippen molar-refractivity contribution >= 4 is 16.7 Å². The van der Waals surface area contributed by atoms with Crippen molar-refractivity contribution in [3.8, 4) is 0 Å². The normalized spacial score (nSPS) is 15.1. The molecule has 0 fully saturated rings. The average molecular weight is 185 g/mol. The van der Waals surface area contributed by atoms with Crippen molar-refractivity contribution in [3.63, 3.8) is 0 Å². The van der Waals surface area contributed by atoms with Gasteiger partial charge in [-0.25, -0.2) is 0 Å². The number of benzene rings is 1. The Morgan fingerprint density at radius 1 is 1.29 bits per heavy atom. The molecule has 2 heteroatoms. The Morgan fingerprint density at radius 3 is 3.00 bits per heavy atom. The molecule has 1 aromatic heterocycles. The Balaban J connectivity index is 2.45. The Bertz CT molecular complexity index is 536. The van der Waals surface area contributed by atoms with Crippen LogP contribution in [0.25, 0.3) is 10.9 Å². The number of hydrogen-bond acceptors (Lipinski definition) is 1. The van der Waals surface area contributed by atoms with Gasteiger partial charge in [-0.1, -0.05) is 18.2 Å². The second-order valence-electron chi connectivity index (χ2n) is 3.90. The first kappa shape index (κ1) is 7.80. The molecule has 0 spiro atoms. The van der Waals surface area contributed by atoms with Gasteiger partial charge in [0.15, 0.2) is 5.78 Å². The zero-order chi connectivity index (χ0) is 9.71. The van der Waals surface area contributed by atoms with Gasteiger partial charge in [0, 0.05) is 17.3 Å². The maximum absolute atomic E-state index is 11.5. The number of carbonyl (C=O) groups excluding carboxylic acids is 1. The molecule has 2 aromatic rings. The number of H-pyrrole nitrogens is 1. The average Bonchev–Trinajstić information content (AvgIpc) is 2.69. The molecule has 1 N–H and O–H groups in total. The molecule has 0 bridgehead atoms. The fraction of sp³-hybridized carbons (Fsp3) is 0.250. The van der Waals surface area contributed by atoms with Crippen LogP contribution in [0.4, 0.5) is 0 Å². The fourth-order valence-corrected chi connectivity index (χ4v) is 2.28. The quantitative estimate of drug-likeness (QED) is 0.672. The molecule has 2 nitrogen and oxygen atoms in total. The van der Waals surface area contributed by atoms with Crippen LogP contribution < -0.4 is 0 Å². The van der Waals surface area contributed by atoms with Crippen molar-refractivity contribution in [2.45, 2.75) is 19.8 Å². The third-order valence-electron chi connectivity index (χ3n) is 3.03. The molecule has 0 saturated heterocycles. The Kier molecular flexibility index (Phi) is 1.38. The molecule has 1 aliphatic carbocycles. The summed E-state index contributed by atoms with van der Waals surface area (Å²) in [6.07, 6.45) is 1.57. The van der Waals surface area contributed by atoms with E-state index in [1.807, 2.05) is 0 Å². The Labute approximate surface area is 81.9 Å². The van der Waals surface area contributed by atoms with Gasteiger partial charge in [0.25, 0.3) is 0 Å². The molecule has 1 aliphatic rings. The second-order valence-corrected chi connectivity index (χ2v) is 3.90.